The monoisotopic (exact) mass is 606 g/mol. The summed E-state index contributed by atoms with van der Waals surface area (Å²) < 4.78 is 11.6. The summed E-state index contributed by atoms with van der Waals surface area (Å²) in [6.45, 7) is 5.94. The molecule has 0 heterocycles. The third kappa shape index (κ3) is 8.09. The molecule has 1 aliphatic rings. The van der Waals surface area contributed by atoms with Crippen molar-refractivity contribution < 1.29 is 29.0 Å². The van der Waals surface area contributed by atoms with E-state index in [0.29, 0.717) is 5.75 Å². The van der Waals surface area contributed by atoms with Crippen LogP contribution in [-0.4, -0.2) is 47.4 Å². The predicted octanol–water partition coefficient (Wildman–Crippen LogP) is 6.13. The molecule has 0 unspecified atom stereocenters. The van der Waals surface area contributed by atoms with Gasteiger partial charge in [-0.2, -0.15) is 0 Å². The average molecular weight is 607 g/mol. The van der Waals surface area contributed by atoms with Gasteiger partial charge in [0.1, 0.15) is 30.0 Å². The van der Waals surface area contributed by atoms with Crippen LogP contribution in [-0.2, 0) is 27.2 Å². The van der Waals surface area contributed by atoms with Crippen LogP contribution < -0.4 is 15.4 Å². The van der Waals surface area contributed by atoms with E-state index >= 15 is 0 Å². The highest BCUT2D eigenvalue weighted by Gasteiger charge is 2.31. The molecule has 232 valence electrons. The number of carboxylic acid groups (broad SMARTS) is 1. The molecule has 0 aromatic heterocycles. The van der Waals surface area contributed by atoms with Gasteiger partial charge in [0.15, 0.2) is 0 Å². The van der Waals surface area contributed by atoms with Crippen LogP contribution in [0.4, 0.5) is 4.79 Å². The average Bonchev–Trinajstić information content (AvgIpc) is 3.33. The van der Waals surface area contributed by atoms with Gasteiger partial charge in [-0.1, -0.05) is 91.0 Å². The first-order chi connectivity index (χ1) is 21.6. The van der Waals surface area contributed by atoms with Crippen LogP contribution in [0.2, 0.25) is 0 Å². The first kappa shape index (κ1) is 31.3. The topological polar surface area (TPSA) is 114 Å². The minimum atomic E-state index is -1.19. The lowest BCUT2D eigenvalue weighted by molar-refractivity contribution is -0.142. The van der Waals surface area contributed by atoms with E-state index in [2.05, 4.69) is 22.8 Å². The molecule has 0 radical (unpaired) electrons. The predicted molar refractivity (Wildman–Crippen MR) is 172 cm³/mol. The van der Waals surface area contributed by atoms with Crippen LogP contribution in [0.1, 0.15) is 48.9 Å². The summed E-state index contributed by atoms with van der Waals surface area (Å²) in [5, 5.41) is 15.2. The third-order valence-corrected chi connectivity index (χ3v) is 7.64. The molecule has 4 aromatic carbocycles. The molecular formula is C37H38N2O6. The van der Waals surface area contributed by atoms with Crippen LogP contribution >= 0.6 is 0 Å². The van der Waals surface area contributed by atoms with Crippen LogP contribution in [0.5, 0.6) is 5.75 Å². The Morgan fingerprint density at radius 2 is 1.24 bits per heavy atom. The number of amides is 2. The number of benzene rings is 4. The molecule has 0 aliphatic heterocycles. The van der Waals surface area contributed by atoms with E-state index in [1.165, 1.54) is 0 Å². The first-order valence-electron chi connectivity index (χ1n) is 15.0. The minimum absolute atomic E-state index is 0.0821. The van der Waals surface area contributed by atoms with Crippen molar-refractivity contribution >= 4 is 18.0 Å². The number of carbonyl (C=O) groups excluding carboxylic acids is 2. The van der Waals surface area contributed by atoms with Crippen molar-refractivity contribution in [1.29, 1.82) is 0 Å². The Hall–Kier alpha value is -5.11. The highest BCUT2D eigenvalue weighted by molar-refractivity contribution is 5.89. The number of carbonyl (C=O) groups is 3. The minimum Gasteiger partial charge on any atom is -0.488 e. The second kappa shape index (κ2) is 13.7. The van der Waals surface area contributed by atoms with Crippen molar-refractivity contribution in [2.45, 2.75) is 57.2 Å². The fraction of sp³-hybridized carbons (Fsp3) is 0.270. The van der Waals surface area contributed by atoms with Crippen molar-refractivity contribution in [3.8, 4) is 16.9 Å². The van der Waals surface area contributed by atoms with E-state index in [-0.39, 0.29) is 31.0 Å². The van der Waals surface area contributed by atoms with Gasteiger partial charge in [-0.25, -0.2) is 9.59 Å². The number of nitrogens with one attached hydrogen (secondary N) is 2. The molecule has 45 heavy (non-hydrogen) atoms. The van der Waals surface area contributed by atoms with Gasteiger partial charge in [-0.15, -0.1) is 0 Å². The van der Waals surface area contributed by atoms with Gasteiger partial charge in [0, 0.05) is 18.8 Å². The Morgan fingerprint density at radius 1 is 0.711 bits per heavy atom. The molecule has 2 amide bonds. The van der Waals surface area contributed by atoms with E-state index in [4.69, 9.17) is 9.47 Å². The molecule has 3 N–H and O–H groups in total. The van der Waals surface area contributed by atoms with Crippen molar-refractivity contribution in [3.05, 3.63) is 125 Å². The molecular weight excluding hydrogens is 568 g/mol. The Morgan fingerprint density at radius 3 is 1.82 bits per heavy atom. The van der Waals surface area contributed by atoms with E-state index in [9.17, 15) is 19.5 Å². The number of carboxylic acids is 1. The van der Waals surface area contributed by atoms with Crippen LogP contribution in [0.25, 0.3) is 11.1 Å². The highest BCUT2D eigenvalue weighted by Crippen LogP contribution is 2.44. The molecule has 4 aromatic rings. The molecule has 0 fully saturated rings. The number of alkyl carbamates (subject to hydrolysis) is 1. The summed E-state index contributed by atoms with van der Waals surface area (Å²) in [4.78, 5) is 38.9. The lowest BCUT2D eigenvalue weighted by Crippen LogP contribution is -2.53. The van der Waals surface area contributed by atoms with Gasteiger partial charge < -0.3 is 25.2 Å². The van der Waals surface area contributed by atoms with Gasteiger partial charge in [-0.3, -0.25) is 4.79 Å². The summed E-state index contributed by atoms with van der Waals surface area (Å²) in [5.74, 6) is -1.27. The largest absolute Gasteiger partial charge is 0.488 e. The van der Waals surface area contributed by atoms with Gasteiger partial charge in [0.05, 0.1) is 0 Å². The van der Waals surface area contributed by atoms with E-state index < -0.39 is 30.1 Å². The molecule has 2 atom stereocenters. The maximum Gasteiger partial charge on any atom is 0.407 e. The Labute approximate surface area is 263 Å². The summed E-state index contributed by atoms with van der Waals surface area (Å²) in [6, 6.07) is 30.1. The molecule has 8 nitrogen and oxygen atoms in total. The highest BCUT2D eigenvalue weighted by atomic mass is 16.5. The molecule has 1 aliphatic carbocycles. The smallest absolute Gasteiger partial charge is 0.407 e. The maximum absolute atomic E-state index is 13.6. The number of aliphatic carboxylic acids is 1. The van der Waals surface area contributed by atoms with Crippen molar-refractivity contribution in [2.24, 2.45) is 0 Å². The lowest BCUT2D eigenvalue weighted by Gasteiger charge is -2.23. The van der Waals surface area contributed by atoms with Crippen molar-refractivity contribution in [3.63, 3.8) is 0 Å². The van der Waals surface area contributed by atoms with Gasteiger partial charge in [0.2, 0.25) is 5.91 Å². The Kier molecular flexibility index (Phi) is 9.52. The van der Waals surface area contributed by atoms with Gasteiger partial charge in [-0.05, 0) is 66.3 Å². The van der Waals surface area contributed by atoms with E-state index in [0.717, 1.165) is 33.4 Å². The quantitative estimate of drug-likeness (QED) is 0.189. The number of ether oxygens (including phenoxy) is 2. The maximum atomic E-state index is 13.6. The zero-order valence-electron chi connectivity index (χ0n) is 25.7. The number of fused-ring (bicyclic) bond motifs is 3. The van der Waals surface area contributed by atoms with Gasteiger partial charge >= 0.3 is 12.1 Å². The summed E-state index contributed by atoms with van der Waals surface area (Å²) in [7, 11) is 0. The number of rotatable bonds is 11. The molecule has 5 rings (SSSR count). The molecule has 0 bridgehead atoms. The molecule has 0 saturated heterocycles. The molecule has 0 spiro atoms. The fourth-order valence-electron chi connectivity index (χ4n) is 5.60. The standard InChI is InChI=1S/C37H38N2O6/c1-37(2,3)45-26-19-17-25(18-20-26)21-32(34(40)38-33(35(41)42)22-24-11-5-4-6-12-24)39-36(43)44-23-31-29-15-9-7-13-27(29)28-14-8-10-16-30(28)31/h4-20,31-33H,21-23H2,1-3H3,(H,38,40)(H,39,43)(H,41,42)/t32-,33+/m0/s1. The zero-order valence-corrected chi connectivity index (χ0v) is 25.7. The SMILES string of the molecule is CC(C)(C)Oc1ccc(C[C@H](NC(=O)OCC2c3ccccc3-c3ccccc32)C(=O)N[C@H](Cc2ccccc2)C(=O)O)cc1. The van der Waals surface area contributed by atoms with E-state index in [1.54, 1.807) is 24.3 Å². The van der Waals surface area contributed by atoms with Crippen molar-refractivity contribution in [2.75, 3.05) is 6.61 Å². The number of hydrogen-bond acceptors (Lipinski definition) is 5. The van der Waals surface area contributed by atoms with Gasteiger partial charge in [0.25, 0.3) is 0 Å². The van der Waals surface area contributed by atoms with E-state index in [1.807, 2.05) is 87.5 Å². The second-order valence-electron chi connectivity index (χ2n) is 12.2. The molecule has 8 heteroatoms. The normalized spacial score (nSPS) is 13.6. The fourth-order valence-corrected chi connectivity index (χ4v) is 5.60. The second-order valence-corrected chi connectivity index (χ2v) is 12.2. The Bertz CT molecular complexity index is 1600. The lowest BCUT2D eigenvalue weighted by atomic mass is 9.98. The van der Waals surface area contributed by atoms with Crippen LogP contribution in [0, 0.1) is 0 Å². The molecule has 0 saturated carbocycles. The van der Waals surface area contributed by atoms with Crippen LogP contribution in [0.3, 0.4) is 0 Å². The Balaban J connectivity index is 1.31. The summed E-state index contributed by atoms with van der Waals surface area (Å²) in [5.41, 5.74) is 5.51. The zero-order chi connectivity index (χ0) is 32.0. The summed E-state index contributed by atoms with van der Waals surface area (Å²) in [6.07, 6.45) is -0.554. The number of hydrogen-bond donors (Lipinski definition) is 3. The van der Waals surface area contributed by atoms with Crippen LogP contribution in [0.15, 0.2) is 103 Å². The van der Waals surface area contributed by atoms with Crippen molar-refractivity contribution in [1.82, 2.24) is 10.6 Å². The third-order valence-electron chi connectivity index (χ3n) is 7.64. The first-order valence-corrected chi connectivity index (χ1v) is 15.0. The summed E-state index contributed by atoms with van der Waals surface area (Å²) >= 11 is 0.